The molecule has 0 amide bonds. The molecule has 5 rings (SSSR count). The van der Waals surface area contributed by atoms with Crippen LogP contribution in [0.4, 0.5) is 4.39 Å². The van der Waals surface area contributed by atoms with Gasteiger partial charge in [0.15, 0.2) is 0 Å². The van der Waals surface area contributed by atoms with Gasteiger partial charge in [0.1, 0.15) is 11.6 Å². The molecule has 3 aromatic carbocycles. The summed E-state index contributed by atoms with van der Waals surface area (Å²) >= 11 is 3.46. The molecule has 36 heavy (non-hydrogen) atoms. The second-order valence-electron chi connectivity index (χ2n) is 9.00. The SMILES string of the molecule is CC[C@H](C)c1nc2ccc(Br)cc2c(=O)n1N=Cc1c(C)n(Cc2ccccc2F)c2ccccc12. The summed E-state index contributed by atoms with van der Waals surface area (Å²) in [6.07, 6.45) is 2.55. The highest BCUT2D eigenvalue weighted by atomic mass is 79.9. The number of benzene rings is 3. The van der Waals surface area contributed by atoms with Crippen LogP contribution in [-0.4, -0.2) is 20.4 Å². The molecule has 0 bridgehead atoms. The Morgan fingerprint density at radius 3 is 2.61 bits per heavy atom. The van der Waals surface area contributed by atoms with Crippen molar-refractivity contribution < 1.29 is 4.39 Å². The van der Waals surface area contributed by atoms with Crippen molar-refractivity contribution in [3.05, 3.63) is 110 Å². The van der Waals surface area contributed by atoms with Gasteiger partial charge in [-0.15, -0.1) is 0 Å². The van der Waals surface area contributed by atoms with E-state index in [1.165, 1.54) is 10.7 Å². The van der Waals surface area contributed by atoms with Gasteiger partial charge in [-0.25, -0.2) is 9.37 Å². The van der Waals surface area contributed by atoms with Crippen LogP contribution in [0, 0.1) is 12.7 Å². The fraction of sp³-hybridized carbons (Fsp3) is 0.207. The minimum atomic E-state index is -0.233. The van der Waals surface area contributed by atoms with E-state index >= 15 is 0 Å². The Bertz CT molecular complexity index is 1680. The summed E-state index contributed by atoms with van der Waals surface area (Å²) in [5, 5.41) is 6.18. The van der Waals surface area contributed by atoms with Crippen LogP contribution in [-0.2, 0) is 6.54 Å². The van der Waals surface area contributed by atoms with Gasteiger partial charge in [0.05, 0.1) is 23.7 Å². The Kier molecular flexibility index (Phi) is 6.58. The molecule has 2 heterocycles. The van der Waals surface area contributed by atoms with E-state index in [1.54, 1.807) is 24.4 Å². The van der Waals surface area contributed by atoms with Gasteiger partial charge in [-0.2, -0.15) is 9.78 Å². The summed E-state index contributed by atoms with van der Waals surface area (Å²) < 4.78 is 18.8. The highest BCUT2D eigenvalue weighted by Gasteiger charge is 2.17. The Hall–Kier alpha value is -3.58. The first-order chi connectivity index (χ1) is 17.4. The largest absolute Gasteiger partial charge is 0.340 e. The molecule has 5 aromatic rings. The van der Waals surface area contributed by atoms with Gasteiger partial charge in [0.2, 0.25) is 0 Å². The first kappa shape index (κ1) is 24.1. The minimum absolute atomic E-state index is 0.0476. The zero-order valence-electron chi connectivity index (χ0n) is 20.4. The Morgan fingerprint density at radius 2 is 1.83 bits per heavy atom. The van der Waals surface area contributed by atoms with Gasteiger partial charge in [0, 0.05) is 38.1 Å². The van der Waals surface area contributed by atoms with E-state index in [2.05, 4.69) is 32.5 Å². The van der Waals surface area contributed by atoms with E-state index in [0.717, 1.165) is 33.1 Å². The first-order valence-corrected chi connectivity index (χ1v) is 12.8. The van der Waals surface area contributed by atoms with Crippen molar-refractivity contribution in [2.45, 2.75) is 39.7 Å². The van der Waals surface area contributed by atoms with Crippen LogP contribution in [0.1, 0.15) is 48.8 Å². The number of hydrogen-bond acceptors (Lipinski definition) is 3. The van der Waals surface area contributed by atoms with Crippen LogP contribution in [0.15, 0.2) is 81.1 Å². The molecule has 182 valence electrons. The Labute approximate surface area is 217 Å². The van der Waals surface area contributed by atoms with Gasteiger partial charge in [-0.1, -0.05) is 66.2 Å². The Morgan fingerprint density at radius 1 is 1.08 bits per heavy atom. The highest BCUT2D eigenvalue weighted by molar-refractivity contribution is 9.10. The van der Waals surface area contributed by atoms with Gasteiger partial charge >= 0.3 is 0 Å². The number of hydrogen-bond donors (Lipinski definition) is 0. The molecule has 1 atom stereocenters. The number of aromatic nitrogens is 3. The van der Waals surface area contributed by atoms with Crippen LogP contribution in [0.5, 0.6) is 0 Å². The summed E-state index contributed by atoms with van der Waals surface area (Å²) in [7, 11) is 0. The zero-order chi connectivity index (χ0) is 25.4. The molecule has 0 saturated carbocycles. The van der Waals surface area contributed by atoms with Crippen molar-refractivity contribution in [1.29, 1.82) is 0 Å². The predicted octanol–water partition coefficient (Wildman–Crippen LogP) is 7.01. The lowest BCUT2D eigenvalue weighted by Crippen LogP contribution is -2.23. The summed E-state index contributed by atoms with van der Waals surface area (Å²) in [6, 6.07) is 20.3. The van der Waals surface area contributed by atoms with E-state index in [1.807, 2.05) is 56.3 Å². The molecule has 0 spiro atoms. The second-order valence-corrected chi connectivity index (χ2v) is 9.91. The first-order valence-electron chi connectivity index (χ1n) is 12.0. The molecule has 0 N–H and O–H groups in total. The van der Waals surface area contributed by atoms with Crippen molar-refractivity contribution in [1.82, 2.24) is 14.2 Å². The molecule has 0 fully saturated rings. The smallest absolute Gasteiger partial charge is 0.282 e. The molecule has 5 nitrogen and oxygen atoms in total. The highest BCUT2D eigenvalue weighted by Crippen LogP contribution is 2.27. The molecule has 0 aliphatic carbocycles. The summed E-state index contributed by atoms with van der Waals surface area (Å²) in [4.78, 5) is 18.3. The maximum atomic E-state index is 14.4. The molecule has 0 aliphatic heterocycles. The van der Waals surface area contributed by atoms with Crippen molar-refractivity contribution in [3.8, 4) is 0 Å². The number of halogens is 2. The van der Waals surface area contributed by atoms with E-state index in [9.17, 15) is 9.18 Å². The van der Waals surface area contributed by atoms with Crippen LogP contribution in [0.25, 0.3) is 21.8 Å². The number of para-hydroxylation sites is 1. The van der Waals surface area contributed by atoms with Gasteiger partial charge in [-0.3, -0.25) is 4.79 Å². The summed E-state index contributed by atoms with van der Waals surface area (Å²) in [5.41, 5.74) is 3.87. The monoisotopic (exact) mass is 544 g/mol. The maximum Gasteiger partial charge on any atom is 0.282 e. The van der Waals surface area contributed by atoms with Crippen LogP contribution in [0.2, 0.25) is 0 Å². The molecule has 7 heteroatoms. The number of fused-ring (bicyclic) bond motifs is 2. The zero-order valence-corrected chi connectivity index (χ0v) is 22.0. The van der Waals surface area contributed by atoms with Gasteiger partial charge < -0.3 is 4.57 Å². The van der Waals surface area contributed by atoms with E-state index in [4.69, 9.17) is 4.98 Å². The van der Waals surface area contributed by atoms with E-state index < -0.39 is 0 Å². The summed E-state index contributed by atoms with van der Waals surface area (Å²) in [5.74, 6) is 0.441. The molecular formula is C29H26BrFN4O. The normalized spacial score (nSPS) is 12.7. The molecule has 0 unspecified atom stereocenters. The lowest BCUT2D eigenvalue weighted by molar-refractivity contribution is 0.600. The molecular weight excluding hydrogens is 519 g/mol. The van der Waals surface area contributed by atoms with Crippen LogP contribution < -0.4 is 5.56 Å². The number of nitrogens with zero attached hydrogens (tertiary/aromatic N) is 4. The topological polar surface area (TPSA) is 52.2 Å². The van der Waals surface area contributed by atoms with Gasteiger partial charge in [-0.05, 0) is 43.7 Å². The third-order valence-electron chi connectivity index (χ3n) is 6.75. The molecule has 0 saturated heterocycles. The molecule has 0 aliphatic rings. The van der Waals surface area contributed by atoms with E-state index in [0.29, 0.717) is 28.8 Å². The maximum absolute atomic E-state index is 14.4. The lowest BCUT2D eigenvalue weighted by atomic mass is 10.1. The fourth-order valence-electron chi connectivity index (χ4n) is 4.52. The predicted molar refractivity (Wildman–Crippen MR) is 148 cm³/mol. The fourth-order valence-corrected chi connectivity index (χ4v) is 4.88. The quantitative estimate of drug-likeness (QED) is 0.216. The molecule has 2 aromatic heterocycles. The van der Waals surface area contributed by atoms with Crippen molar-refractivity contribution in [2.75, 3.05) is 0 Å². The third kappa shape index (κ3) is 4.28. The van der Waals surface area contributed by atoms with Crippen molar-refractivity contribution in [2.24, 2.45) is 5.10 Å². The van der Waals surface area contributed by atoms with Crippen LogP contribution in [0.3, 0.4) is 0 Å². The van der Waals surface area contributed by atoms with Crippen molar-refractivity contribution in [3.63, 3.8) is 0 Å². The summed E-state index contributed by atoms with van der Waals surface area (Å²) in [6.45, 7) is 6.51. The second kappa shape index (κ2) is 9.82. The van der Waals surface area contributed by atoms with Gasteiger partial charge in [0.25, 0.3) is 5.56 Å². The lowest BCUT2D eigenvalue weighted by Gasteiger charge is -2.14. The third-order valence-corrected chi connectivity index (χ3v) is 7.25. The minimum Gasteiger partial charge on any atom is -0.340 e. The average molecular weight is 545 g/mol. The number of rotatable bonds is 6. The standard InChI is InChI=1S/C29H26BrFN4O/c1-4-18(2)28-33-26-14-13-21(30)15-23(26)29(36)35(28)32-16-24-19(3)34(27-12-8-6-10-22(24)27)17-20-9-5-7-11-25(20)31/h5-16,18H,4,17H2,1-3H3/t18-/m0/s1. The average Bonchev–Trinajstić information content (AvgIpc) is 3.15. The van der Waals surface area contributed by atoms with E-state index in [-0.39, 0.29) is 17.3 Å². The Balaban J connectivity index is 1.68. The molecule has 0 radical (unpaired) electrons. The van der Waals surface area contributed by atoms with Crippen molar-refractivity contribution >= 4 is 44.0 Å². The van der Waals surface area contributed by atoms with Crippen LogP contribution >= 0.6 is 15.9 Å².